The Bertz CT molecular complexity index is 751. The van der Waals surface area contributed by atoms with Gasteiger partial charge in [-0.2, -0.15) is 5.10 Å². The fourth-order valence-electron chi connectivity index (χ4n) is 3.35. The average Bonchev–Trinajstić information content (AvgIpc) is 3.35. The largest absolute Gasteiger partial charge is 0.337 e. The van der Waals surface area contributed by atoms with Crippen LogP contribution in [0.15, 0.2) is 24.3 Å². The molecule has 5 nitrogen and oxygen atoms in total. The van der Waals surface area contributed by atoms with E-state index in [1.807, 2.05) is 29.2 Å². The van der Waals surface area contributed by atoms with Gasteiger partial charge >= 0.3 is 0 Å². The second-order valence-corrected chi connectivity index (χ2v) is 7.46. The summed E-state index contributed by atoms with van der Waals surface area (Å²) in [6.07, 6.45) is 4.19. The zero-order valence-electron chi connectivity index (χ0n) is 14.2. The molecule has 1 saturated carbocycles. The Labute approximate surface area is 152 Å². The van der Waals surface area contributed by atoms with Crippen LogP contribution in [0.25, 0.3) is 0 Å². The van der Waals surface area contributed by atoms with Crippen molar-refractivity contribution >= 4 is 17.5 Å². The van der Waals surface area contributed by atoms with Gasteiger partial charge in [-0.3, -0.25) is 9.89 Å². The zero-order valence-corrected chi connectivity index (χ0v) is 15.0. The van der Waals surface area contributed by atoms with E-state index in [-0.39, 0.29) is 5.91 Å². The first kappa shape index (κ1) is 16.6. The highest BCUT2D eigenvalue weighted by atomic mass is 35.5. The van der Waals surface area contributed by atoms with Gasteiger partial charge in [0.1, 0.15) is 0 Å². The number of H-pyrrole nitrogens is 1. The maximum atomic E-state index is 13.1. The molecule has 2 heterocycles. The van der Waals surface area contributed by atoms with E-state index in [0.29, 0.717) is 18.2 Å². The molecule has 0 spiro atoms. The topological polar surface area (TPSA) is 61.0 Å². The van der Waals surface area contributed by atoms with Crippen molar-refractivity contribution in [3.8, 4) is 0 Å². The third-order valence-electron chi connectivity index (χ3n) is 5.06. The number of benzene rings is 1. The number of hydrogen-bond donors (Lipinski definition) is 2. The number of hydrogen-bond acceptors (Lipinski definition) is 3. The molecule has 1 amide bonds. The predicted molar refractivity (Wildman–Crippen MR) is 97.8 cm³/mol. The highest BCUT2D eigenvalue weighted by Gasteiger charge is 2.30. The Morgan fingerprint density at radius 1 is 1.28 bits per heavy atom. The molecule has 1 aliphatic carbocycles. The Morgan fingerprint density at radius 2 is 2.08 bits per heavy atom. The fraction of sp³-hybridized carbons (Fsp3) is 0.474. The van der Waals surface area contributed by atoms with E-state index >= 15 is 0 Å². The van der Waals surface area contributed by atoms with Crippen molar-refractivity contribution in [3.05, 3.63) is 51.8 Å². The van der Waals surface area contributed by atoms with Crippen molar-refractivity contribution in [2.45, 2.75) is 32.2 Å². The molecule has 1 aromatic heterocycles. The lowest BCUT2D eigenvalue weighted by Gasteiger charge is -2.23. The van der Waals surface area contributed by atoms with Crippen LogP contribution >= 0.6 is 11.6 Å². The number of fused-ring (bicyclic) bond motifs is 1. The number of amides is 1. The summed E-state index contributed by atoms with van der Waals surface area (Å²) in [5.74, 6) is 0.712. The molecule has 25 heavy (non-hydrogen) atoms. The minimum atomic E-state index is 0.0575. The van der Waals surface area contributed by atoms with Crippen molar-refractivity contribution in [1.29, 1.82) is 0 Å². The molecule has 2 aromatic rings. The Kier molecular flexibility index (Phi) is 4.77. The lowest BCUT2D eigenvalue weighted by Crippen LogP contribution is -2.36. The van der Waals surface area contributed by atoms with E-state index < -0.39 is 0 Å². The van der Waals surface area contributed by atoms with Crippen LogP contribution in [0.2, 0.25) is 5.02 Å². The van der Waals surface area contributed by atoms with Crippen LogP contribution in [0.4, 0.5) is 0 Å². The summed E-state index contributed by atoms with van der Waals surface area (Å²) in [7, 11) is 0. The van der Waals surface area contributed by atoms with Gasteiger partial charge in [-0.15, -0.1) is 0 Å². The van der Waals surface area contributed by atoms with Crippen molar-refractivity contribution in [3.63, 3.8) is 0 Å². The molecule has 0 saturated heterocycles. The average molecular weight is 359 g/mol. The van der Waals surface area contributed by atoms with Gasteiger partial charge in [0, 0.05) is 48.9 Å². The molecule has 0 radical (unpaired) electrons. The number of carbonyl (C=O) groups excluding carboxylic acids is 1. The summed E-state index contributed by atoms with van der Waals surface area (Å²) < 4.78 is 0. The molecule has 1 fully saturated rings. The van der Waals surface area contributed by atoms with Gasteiger partial charge in [0.05, 0.1) is 0 Å². The van der Waals surface area contributed by atoms with Crippen LogP contribution in [-0.4, -0.2) is 40.6 Å². The number of halogens is 1. The van der Waals surface area contributed by atoms with Gasteiger partial charge in [-0.1, -0.05) is 23.7 Å². The molecule has 132 valence electrons. The summed E-state index contributed by atoms with van der Waals surface area (Å²) in [4.78, 5) is 15.1. The van der Waals surface area contributed by atoms with Crippen LogP contribution in [0.3, 0.4) is 0 Å². The second-order valence-electron chi connectivity index (χ2n) is 7.03. The quantitative estimate of drug-likeness (QED) is 0.834. The molecule has 4 rings (SSSR count). The molecule has 6 heteroatoms. The van der Waals surface area contributed by atoms with E-state index in [1.54, 1.807) is 0 Å². The Balaban J connectivity index is 1.48. The van der Waals surface area contributed by atoms with E-state index in [0.717, 1.165) is 48.8 Å². The van der Waals surface area contributed by atoms with Crippen LogP contribution in [0.1, 0.15) is 40.2 Å². The smallest absolute Gasteiger partial charge is 0.274 e. The number of rotatable bonds is 6. The molecule has 1 aliphatic heterocycles. The van der Waals surface area contributed by atoms with E-state index in [9.17, 15) is 4.79 Å². The first-order chi connectivity index (χ1) is 12.2. The van der Waals surface area contributed by atoms with Gasteiger partial charge in [-0.25, -0.2) is 0 Å². The molecule has 1 aromatic carbocycles. The molecule has 0 atom stereocenters. The standard InChI is InChI=1S/C19H23ClN4O/c20-15-5-3-13(4-6-15)8-10-24(12-14-1-2-14)19(25)18-16-11-21-9-7-17(16)22-23-18/h3-6,14,21H,1-2,7-12H2,(H,22,23). The van der Waals surface area contributed by atoms with Crippen molar-refractivity contribution in [2.75, 3.05) is 19.6 Å². The molecular formula is C19H23ClN4O. The summed E-state index contributed by atoms with van der Waals surface area (Å²) in [5, 5.41) is 11.5. The van der Waals surface area contributed by atoms with Crippen LogP contribution < -0.4 is 5.32 Å². The van der Waals surface area contributed by atoms with Crippen molar-refractivity contribution in [2.24, 2.45) is 5.92 Å². The number of nitrogens with one attached hydrogen (secondary N) is 2. The molecular weight excluding hydrogens is 336 g/mol. The monoisotopic (exact) mass is 358 g/mol. The van der Waals surface area contributed by atoms with Crippen LogP contribution in [0, 0.1) is 5.92 Å². The predicted octanol–water partition coefficient (Wildman–Crippen LogP) is 2.80. The summed E-state index contributed by atoms with van der Waals surface area (Å²) in [6.45, 7) is 3.21. The maximum absolute atomic E-state index is 13.1. The van der Waals surface area contributed by atoms with Crippen LogP contribution in [-0.2, 0) is 19.4 Å². The second kappa shape index (κ2) is 7.18. The maximum Gasteiger partial charge on any atom is 0.274 e. The van der Waals surface area contributed by atoms with E-state index in [2.05, 4.69) is 15.5 Å². The number of aromatic nitrogens is 2. The lowest BCUT2D eigenvalue weighted by atomic mass is 10.1. The SMILES string of the molecule is O=C(c1n[nH]c2c1CNCC2)N(CCc1ccc(Cl)cc1)CC1CC1. The highest BCUT2D eigenvalue weighted by molar-refractivity contribution is 6.30. The normalized spacial score (nSPS) is 16.5. The zero-order chi connectivity index (χ0) is 17.2. The van der Waals surface area contributed by atoms with Crippen LogP contribution in [0.5, 0.6) is 0 Å². The first-order valence-electron chi connectivity index (χ1n) is 9.01. The number of nitrogens with zero attached hydrogens (tertiary/aromatic N) is 2. The van der Waals surface area contributed by atoms with Gasteiger partial charge in [0.15, 0.2) is 5.69 Å². The van der Waals surface area contributed by atoms with Gasteiger partial charge in [0.25, 0.3) is 5.91 Å². The third kappa shape index (κ3) is 3.88. The fourth-order valence-corrected chi connectivity index (χ4v) is 3.48. The number of carbonyl (C=O) groups is 1. The highest BCUT2D eigenvalue weighted by Crippen LogP contribution is 2.30. The molecule has 2 aliphatic rings. The molecule has 0 bridgehead atoms. The molecule has 0 unspecified atom stereocenters. The van der Waals surface area contributed by atoms with Crippen molar-refractivity contribution < 1.29 is 4.79 Å². The Hall–Kier alpha value is -1.85. The summed E-state index contributed by atoms with van der Waals surface area (Å²) in [6, 6.07) is 7.87. The minimum Gasteiger partial charge on any atom is -0.337 e. The lowest BCUT2D eigenvalue weighted by molar-refractivity contribution is 0.0742. The van der Waals surface area contributed by atoms with Gasteiger partial charge in [0.2, 0.25) is 0 Å². The summed E-state index contributed by atoms with van der Waals surface area (Å²) >= 11 is 5.95. The Morgan fingerprint density at radius 3 is 2.84 bits per heavy atom. The van der Waals surface area contributed by atoms with Gasteiger partial charge < -0.3 is 10.2 Å². The van der Waals surface area contributed by atoms with Gasteiger partial charge in [-0.05, 0) is 42.9 Å². The minimum absolute atomic E-state index is 0.0575. The summed E-state index contributed by atoms with van der Waals surface area (Å²) in [5.41, 5.74) is 3.94. The first-order valence-corrected chi connectivity index (χ1v) is 9.39. The molecule has 2 N–H and O–H groups in total. The van der Waals surface area contributed by atoms with Crippen molar-refractivity contribution in [1.82, 2.24) is 20.4 Å². The van der Waals surface area contributed by atoms with E-state index in [1.165, 1.54) is 18.4 Å². The third-order valence-corrected chi connectivity index (χ3v) is 5.31. The van der Waals surface area contributed by atoms with E-state index in [4.69, 9.17) is 11.6 Å². The number of aromatic amines is 1.